The summed E-state index contributed by atoms with van der Waals surface area (Å²) in [6.07, 6.45) is -2.77. The summed E-state index contributed by atoms with van der Waals surface area (Å²) in [5.74, 6) is 0.294. The molecule has 0 spiro atoms. The molecule has 39 heavy (non-hydrogen) atoms. The van der Waals surface area contributed by atoms with E-state index in [2.05, 4.69) is 6.92 Å². The van der Waals surface area contributed by atoms with Crippen LogP contribution in [0.5, 0.6) is 11.5 Å². The van der Waals surface area contributed by atoms with Crippen molar-refractivity contribution in [3.05, 3.63) is 89.5 Å². The lowest BCUT2D eigenvalue weighted by atomic mass is 10.1. The lowest BCUT2D eigenvalue weighted by Crippen LogP contribution is -2.33. The summed E-state index contributed by atoms with van der Waals surface area (Å²) in [6, 6.07) is 16.1. The monoisotopic (exact) mass is 565 g/mol. The molecule has 0 saturated carbocycles. The molecule has 0 saturated heterocycles. The molecule has 3 aromatic rings. The minimum absolute atomic E-state index is 0.0994. The molecule has 0 unspecified atom stereocenters. The number of unbranched alkanes of at least 4 members (excludes halogenated alkanes) is 1. The van der Waals surface area contributed by atoms with Crippen molar-refractivity contribution in [1.82, 2.24) is 4.90 Å². The summed E-state index contributed by atoms with van der Waals surface area (Å²) in [6.45, 7) is 3.29. The van der Waals surface area contributed by atoms with E-state index in [1.807, 2.05) is 0 Å². The van der Waals surface area contributed by atoms with Crippen molar-refractivity contribution in [3.8, 4) is 11.5 Å². The van der Waals surface area contributed by atoms with Crippen LogP contribution in [0.2, 0.25) is 0 Å². The molecular formula is C28H30F3NO6S. The maximum Gasteiger partial charge on any atom is 0.416 e. The number of nitrogens with zero attached hydrogens (tertiary/aromatic N) is 1. The van der Waals surface area contributed by atoms with Crippen LogP contribution in [0, 0.1) is 0 Å². The summed E-state index contributed by atoms with van der Waals surface area (Å²) in [4.78, 5) is 14.2. The second kappa shape index (κ2) is 13.5. The van der Waals surface area contributed by atoms with Crippen LogP contribution >= 0.6 is 0 Å². The molecule has 11 heteroatoms. The SMILES string of the molecule is CCCCOc1ccc(C(=O)N(CCOC)Cc2cccc(OS(=O)(=O)c3cccc(C(F)(F)F)c3)c2)cc1. The van der Waals surface area contributed by atoms with Crippen LogP contribution < -0.4 is 8.92 Å². The van der Waals surface area contributed by atoms with E-state index in [0.29, 0.717) is 29.5 Å². The van der Waals surface area contributed by atoms with Gasteiger partial charge in [0.2, 0.25) is 0 Å². The zero-order valence-electron chi connectivity index (χ0n) is 21.6. The number of methoxy groups -OCH3 is 1. The normalized spacial score (nSPS) is 11.7. The molecule has 7 nitrogen and oxygen atoms in total. The lowest BCUT2D eigenvalue weighted by Gasteiger charge is -2.23. The van der Waals surface area contributed by atoms with Gasteiger partial charge < -0.3 is 18.6 Å². The Hall–Kier alpha value is -3.57. The molecule has 1 amide bonds. The van der Waals surface area contributed by atoms with Gasteiger partial charge in [0, 0.05) is 25.8 Å². The van der Waals surface area contributed by atoms with Crippen LogP contribution in [0.1, 0.15) is 41.3 Å². The topological polar surface area (TPSA) is 82.1 Å². The minimum Gasteiger partial charge on any atom is -0.494 e. The molecule has 0 aliphatic rings. The highest BCUT2D eigenvalue weighted by atomic mass is 32.2. The highest BCUT2D eigenvalue weighted by Crippen LogP contribution is 2.31. The predicted molar refractivity (Wildman–Crippen MR) is 139 cm³/mol. The van der Waals surface area contributed by atoms with Crippen LogP contribution in [0.25, 0.3) is 0 Å². The predicted octanol–water partition coefficient (Wildman–Crippen LogP) is 5.94. The Morgan fingerprint density at radius 1 is 0.923 bits per heavy atom. The number of alkyl halides is 3. The zero-order valence-corrected chi connectivity index (χ0v) is 22.4. The molecule has 0 heterocycles. The standard InChI is InChI=1S/C28H30F3NO6S/c1-3-4-16-37-24-13-11-22(12-14-24)27(33)32(15-17-36-2)20-21-7-5-9-25(18-21)38-39(34,35)26-10-6-8-23(19-26)28(29,30)31/h5-14,18-19H,3-4,15-17,20H2,1-2H3. The van der Waals surface area contributed by atoms with Crippen LogP contribution in [0.4, 0.5) is 13.2 Å². The fourth-order valence-electron chi connectivity index (χ4n) is 3.58. The summed E-state index contributed by atoms with van der Waals surface area (Å²) in [5, 5.41) is 0. The maximum absolute atomic E-state index is 13.2. The van der Waals surface area contributed by atoms with Crippen molar-refractivity contribution in [2.24, 2.45) is 0 Å². The average molecular weight is 566 g/mol. The zero-order chi connectivity index (χ0) is 28.5. The van der Waals surface area contributed by atoms with Crippen LogP contribution in [0.15, 0.2) is 77.7 Å². The van der Waals surface area contributed by atoms with Gasteiger partial charge in [-0.25, -0.2) is 0 Å². The van der Waals surface area contributed by atoms with Crippen molar-refractivity contribution >= 4 is 16.0 Å². The quantitative estimate of drug-likeness (QED) is 0.188. The number of carbonyl (C=O) groups is 1. The number of rotatable bonds is 13. The Morgan fingerprint density at radius 2 is 1.64 bits per heavy atom. The van der Waals surface area contributed by atoms with Crippen LogP contribution in [-0.2, 0) is 27.6 Å². The summed E-state index contributed by atoms with van der Waals surface area (Å²) >= 11 is 0. The molecule has 0 radical (unpaired) electrons. The van der Waals surface area contributed by atoms with Crippen molar-refractivity contribution in [2.45, 2.75) is 37.4 Å². The Labute approximate surface area is 226 Å². The van der Waals surface area contributed by atoms with E-state index >= 15 is 0 Å². The molecule has 0 aromatic heterocycles. The van der Waals surface area contributed by atoms with E-state index in [1.54, 1.807) is 30.3 Å². The van der Waals surface area contributed by atoms with Crippen molar-refractivity contribution < 1.29 is 40.0 Å². The number of amides is 1. The first kappa shape index (κ1) is 30.0. The van der Waals surface area contributed by atoms with E-state index in [9.17, 15) is 26.4 Å². The number of benzene rings is 3. The van der Waals surface area contributed by atoms with E-state index < -0.39 is 26.8 Å². The molecule has 0 bridgehead atoms. The molecule has 3 rings (SSSR count). The lowest BCUT2D eigenvalue weighted by molar-refractivity contribution is -0.137. The number of carbonyl (C=O) groups excluding carboxylic acids is 1. The number of ether oxygens (including phenoxy) is 2. The number of halogens is 3. The Balaban J connectivity index is 1.76. The van der Waals surface area contributed by atoms with Gasteiger partial charge in [-0.05, 0) is 66.6 Å². The van der Waals surface area contributed by atoms with Gasteiger partial charge in [-0.3, -0.25) is 4.79 Å². The van der Waals surface area contributed by atoms with Crippen molar-refractivity contribution in [1.29, 1.82) is 0 Å². The smallest absolute Gasteiger partial charge is 0.416 e. The first-order chi connectivity index (χ1) is 18.5. The molecule has 0 aliphatic carbocycles. The van der Waals surface area contributed by atoms with Gasteiger partial charge in [0.1, 0.15) is 16.4 Å². The molecular weight excluding hydrogens is 535 g/mol. The minimum atomic E-state index is -4.70. The van der Waals surface area contributed by atoms with Crippen LogP contribution in [0.3, 0.4) is 0 Å². The third kappa shape index (κ3) is 8.72. The Morgan fingerprint density at radius 3 is 2.31 bits per heavy atom. The van der Waals surface area contributed by atoms with E-state index in [0.717, 1.165) is 31.0 Å². The summed E-state index contributed by atoms with van der Waals surface area (Å²) in [5.41, 5.74) is -0.113. The van der Waals surface area contributed by atoms with E-state index in [1.165, 1.54) is 30.2 Å². The molecule has 210 valence electrons. The van der Waals surface area contributed by atoms with Crippen molar-refractivity contribution in [2.75, 3.05) is 26.9 Å². The number of hydrogen-bond donors (Lipinski definition) is 0. The highest BCUT2D eigenvalue weighted by Gasteiger charge is 2.32. The third-order valence-electron chi connectivity index (χ3n) is 5.65. The van der Waals surface area contributed by atoms with Gasteiger partial charge in [0.25, 0.3) is 5.91 Å². The molecule has 0 N–H and O–H groups in total. The second-order valence-electron chi connectivity index (χ2n) is 8.66. The van der Waals surface area contributed by atoms with Gasteiger partial charge in [-0.1, -0.05) is 31.5 Å². The molecule has 0 aliphatic heterocycles. The van der Waals surface area contributed by atoms with E-state index in [-0.39, 0.29) is 31.4 Å². The highest BCUT2D eigenvalue weighted by molar-refractivity contribution is 7.87. The fourth-order valence-corrected chi connectivity index (χ4v) is 4.55. The average Bonchev–Trinajstić information content (AvgIpc) is 2.91. The second-order valence-corrected chi connectivity index (χ2v) is 10.2. The summed E-state index contributed by atoms with van der Waals surface area (Å²) in [7, 11) is -3.03. The number of hydrogen-bond acceptors (Lipinski definition) is 6. The van der Waals surface area contributed by atoms with Crippen molar-refractivity contribution in [3.63, 3.8) is 0 Å². The Bertz CT molecular complexity index is 1340. The molecule has 0 atom stereocenters. The Kier molecular flexibility index (Phi) is 10.4. The first-order valence-electron chi connectivity index (χ1n) is 12.2. The van der Waals surface area contributed by atoms with Gasteiger partial charge in [0.15, 0.2) is 0 Å². The van der Waals surface area contributed by atoms with Gasteiger partial charge in [-0.2, -0.15) is 21.6 Å². The fraction of sp³-hybridized carbons (Fsp3) is 0.321. The summed E-state index contributed by atoms with van der Waals surface area (Å²) < 4.78 is 80.4. The molecule has 3 aromatic carbocycles. The van der Waals surface area contributed by atoms with Gasteiger partial charge >= 0.3 is 16.3 Å². The van der Waals surface area contributed by atoms with Gasteiger partial charge in [0.05, 0.1) is 18.8 Å². The largest absolute Gasteiger partial charge is 0.494 e. The maximum atomic E-state index is 13.2. The van der Waals surface area contributed by atoms with Gasteiger partial charge in [-0.15, -0.1) is 0 Å². The van der Waals surface area contributed by atoms with E-state index in [4.69, 9.17) is 13.7 Å². The van der Waals surface area contributed by atoms with Crippen LogP contribution in [-0.4, -0.2) is 46.1 Å². The molecule has 0 fully saturated rings. The first-order valence-corrected chi connectivity index (χ1v) is 13.7. The third-order valence-corrected chi connectivity index (χ3v) is 6.89.